The summed E-state index contributed by atoms with van der Waals surface area (Å²) >= 11 is 0. The molecule has 0 radical (unpaired) electrons. The monoisotopic (exact) mass is 512 g/mol. The van der Waals surface area contributed by atoms with E-state index in [9.17, 15) is 0 Å². The Hall–Kier alpha value is -1.97. The number of nitrogens with one attached hydrogen (secondary N) is 2. The highest BCUT2D eigenvalue weighted by atomic mass is 127. The number of hydrogen-bond acceptors (Lipinski definition) is 5. The first-order valence-corrected chi connectivity index (χ1v) is 9.69. The molecule has 0 atom stereocenters. The molecule has 2 aromatic rings. The summed E-state index contributed by atoms with van der Waals surface area (Å²) in [4.78, 5) is 8.67. The van der Waals surface area contributed by atoms with Gasteiger partial charge in [0.05, 0.1) is 12.7 Å². The largest absolute Gasteiger partial charge is 0.454 e. The van der Waals surface area contributed by atoms with Gasteiger partial charge in [0.25, 0.3) is 0 Å². The van der Waals surface area contributed by atoms with Crippen molar-refractivity contribution < 1.29 is 13.9 Å². The Balaban J connectivity index is 0.00000240. The van der Waals surface area contributed by atoms with Gasteiger partial charge in [-0.3, -0.25) is 4.99 Å². The SMILES string of the molecule is CN=C(NCc1ncc(C(C)(C)C)o1)NCC1(c2ccc3c(c2)OCO3)CC1.I. The van der Waals surface area contributed by atoms with Gasteiger partial charge in [-0.15, -0.1) is 24.0 Å². The van der Waals surface area contributed by atoms with Crippen molar-refractivity contribution in [1.82, 2.24) is 15.6 Å². The zero-order valence-electron chi connectivity index (χ0n) is 17.4. The molecule has 0 spiro atoms. The number of ether oxygens (including phenoxy) is 2. The summed E-state index contributed by atoms with van der Waals surface area (Å²) in [6, 6.07) is 6.24. The van der Waals surface area contributed by atoms with Gasteiger partial charge in [-0.2, -0.15) is 0 Å². The summed E-state index contributed by atoms with van der Waals surface area (Å²) in [5, 5.41) is 6.72. The molecule has 0 saturated heterocycles. The van der Waals surface area contributed by atoms with E-state index < -0.39 is 0 Å². The number of halogens is 1. The van der Waals surface area contributed by atoms with Crippen LogP contribution in [-0.2, 0) is 17.4 Å². The van der Waals surface area contributed by atoms with Crippen LogP contribution in [0.1, 0.15) is 50.8 Å². The normalized spacial score (nSPS) is 16.9. The number of fused-ring (bicyclic) bond motifs is 1. The topological polar surface area (TPSA) is 80.9 Å². The third-order valence-electron chi connectivity index (χ3n) is 5.36. The molecule has 1 aromatic heterocycles. The predicted octanol–water partition coefficient (Wildman–Crippen LogP) is 3.72. The molecule has 2 aliphatic rings. The number of nitrogens with zero attached hydrogens (tertiary/aromatic N) is 2. The molecule has 1 aliphatic heterocycles. The van der Waals surface area contributed by atoms with Crippen LogP contribution in [0.5, 0.6) is 11.5 Å². The third-order valence-corrected chi connectivity index (χ3v) is 5.36. The molecule has 0 bridgehead atoms. The highest BCUT2D eigenvalue weighted by Crippen LogP contribution is 2.49. The van der Waals surface area contributed by atoms with Crippen LogP contribution in [0.15, 0.2) is 33.8 Å². The fourth-order valence-electron chi connectivity index (χ4n) is 3.32. The van der Waals surface area contributed by atoms with E-state index in [4.69, 9.17) is 13.9 Å². The van der Waals surface area contributed by atoms with Crippen molar-refractivity contribution in [1.29, 1.82) is 0 Å². The third kappa shape index (κ3) is 4.79. The predicted molar refractivity (Wildman–Crippen MR) is 122 cm³/mol. The first kappa shape index (κ1) is 21.7. The van der Waals surface area contributed by atoms with Gasteiger partial charge < -0.3 is 24.5 Å². The number of benzene rings is 1. The van der Waals surface area contributed by atoms with E-state index >= 15 is 0 Å². The van der Waals surface area contributed by atoms with Crippen LogP contribution < -0.4 is 20.1 Å². The Bertz CT molecular complexity index is 884. The van der Waals surface area contributed by atoms with Crippen LogP contribution in [0.3, 0.4) is 0 Å². The van der Waals surface area contributed by atoms with Crippen LogP contribution in [0, 0.1) is 0 Å². The fraction of sp³-hybridized carbons (Fsp3) is 0.524. The Morgan fingerprint density at radius 1 is 1.17 bits per heavy atom. The average molecular weight is 512 g/mol. The van der Waals surface area contributed by atoms with E-state index in [2.05, 4.69) is 53.5 Å². The van der Waals surface area contributed by atoms with Gasteiger partial charge in [-0.25, -0.2) is 4.98 Å². The minimum atomic E-state index is -0.0475. The molecule has 4 rings (SSSR count). The summed E-state index contributed by atoms with van der Waals surface area (Å²) < 4.78 is 16.8. The lowest BCUT2D eigenvalue weighted by atomic mass is 9.94. The molecule has 158 valence electrons. The molecular weight excluding hydrogens is 483 g/mol. The van der Waals surface area contributed by atoms with Crippen molar-refractivity contribution in [2.24, 2.45) is 4.99 Å². The molecule has 0 amide bonds. The number of hydrogen-bond donors (Lipinski definition) is 2. The Morgan fingerprint density at radius 2 is 1.93 bits per heavy atom. The van der Waals surface area contributed by atoms with Gasteiger partial charge in [0.15, 0.2) is 17.5 Å². The molecule has 8 heteroatoms. The maximum Gasteiger partial charge on any atom is 0.231 e. The Labute approximate surface area is 188 Å². The Kier molecular flexibility index (Phi) is 6.30. The molecule has 2 N–H and O–H groups in total. The summed E-state index contributed by atoms with van der Waals surface area (Å²) in [7, 11) is 1.77. The van der Waals surface area contributed by atoms with E-state index in [0.29, 0.717) is 19.2 Å². The highest BCUT2D eigenvalue weighted by Gasteiger charge is 2.44. The van der Waals surface area contributed by atoms with Crippen molar-refractivity contribution in [2.75, 3.05) is 20.4 Å². The van der Waals surface area contributed by atoms with Crippen molar-refractivity contribution in [2.45, 2.75) is 51.0 Å². The van der Waals surface area contributed by atoms with E-state index in [0.717, 1.165) is 42.6 Å². The highest BCUT2D eigenvalue weighted by molar-refractivity contribution is 14.0. The van der Waals surface area contributed by atoms with Gasteiger partial charge in [0.2, 0.25) is 12.7 Å². The second-order valence-corrected chi connectivity index (χ2v) is 8.50. The summed E-state index contributed by atoms with van der Waals surface area (Å²) in [6.45, 7) is 7.93. The number of oxazole rings is 1. The molecule has 1 aromatic carbocycles. The van der Waals surface area contributed by atoms with Gasteiger partial charge in [-0.1, -0.05) is 26.8 Å². The van der Waals surface area contributed by atoms with Gasteiger partial charge in [-0.05, 0) is 30.5 Å². The summed E-state index contributed by atoms with van der Waals surface area (Å²) in [5.41, 5.74) is 1.36. The molecule has 0 unspecified atom stereocenters. The summed E-state index contributed by atoms with van der Waals surface area (Å²) in [6.07, 6.45) is 4.09. The first-order chi connectivity index (χ1) is 13.4. The molecule has 1 saturated carbocycles. The molecular formula is C21H29IN4O3. The second-order valence-electron chi connectivity index (χ2n) is 8.50. The van der Waals surface area contributed by atoms with E-state index in [1.54, 1.807) is 13.2 Å². The van der Waals surface area contributed by atoms with E-state index in [1.165, 1.54) is 5.56 Å². The molecule has 2 heterocycles. The maximum absolute atomic E-state index is 5.83. The van der Waals surface area contributed by atoms with Crippen molar-refractivity contribution >= 4 is 29.9 Å². The number of rotatable bonds is 5. The van der Waals surface area contributed by atoms with Crippen molar-refractivity contribution in [3.05, 3.63) is 41.6 Å². The average Bonchev–Trinajstić information content (AvgIpc) is 3.07. The first-order valence-electron chi connectivity index (χ1n) is 9.69. The minimum Gasteiger partial charge on any atom is -0.454 e. The molecule has 1 aliphatic carbocycles. The minimum absolute atomic E-state index is 0. The standard InChI is InChI=1S/C21H28N4O3.HI/c1-20(2,3)17-10-23-18(28-17)11-24-19(22-4)25-12-21(7-8-21)14-5-6-15-16(9-14)27-13-26-15;/h5-6,9-10H,7-8,11-13H2,1-4H3,(H2,22,24,25);1H. The van der Waals surface area contributed by atoms with Crippen molar-refractivity contribution in [3.8, 4) is 11.5 Å². The fourth-order valence-corrected chi connectivity index (χ4v) is 3.32. The van der Waals surface area contributed by atoms with Gasteiger partial charge in [0.1, 0.15) is 5.76 Å². The lowest BCUT2D eigenvalue weighted by Crippen LogP contribution is -2.40. The lowest BCUT2D eigenvalue weighted by molar-refractivity contribution is 0.174. The molecule has 1 fully saturated rings. The van der Waals surface area contributed by atoms with Gasteiger partial charge in [0, 0.05) is 24.4 Å². The number of guanidine groups is 1. The quantitative estimate of drug-likeness (QED) is 0.361. The Morgan fingerprint density at radius 3 is 2.59 bits per heavy atom. The summed E-state index contributed by atoms with van der Waals surface area (Å²) in [5.74, 6) is 3.94. The van der Waals surface area contributed by atoms with E-state index in [1.807, 2.05) is 6.07 Å². The molecule has 7 nitrogen and oxygen atoms in total. The smallest absolute Gasteiger partial charge is 0.231 e. The molecule has 29 heavy (non-hydrogen) atoms. The zero-order valence-corrected chi connectivity index (χ0v) is 19.7. The second kappa shape index (κ2) is 8.41. The van der Waals surface area contributed by atoms with Crippen LogP contribution in [-0.4, -0.2) is 31.3 Å². The van der Waals surface area contributed by atoms with Crippen LogP contribution in [0.25, 0.3) is 0 Å². The lowest BCUT2D eigenvalue weighted by Gasteiger charge is -2.19. The van der Waals surface area contributed by atoms with Gasteiger partial charge >= 0.3 is 0 Å². The number of aliphatic imine (C=N–C) groups is 1. The van der Waals surface area contributed by atoms with Crippen LogP contribution in [0.4, 0.5) is 0 Å². The van der Waals surface area contributed by atoms with Crippen LogP contribution in [0.2, 0.25) is 0 Å². The van der Waals surface area contributed by atoms with Crippen LogP contribution >= 0.6 is 24.0 Å². The maximum atomic E-state index is 5.83. The van der Waals surface area contributed by atoms with Crippen molar-refractivity contribution in [3.63, 3.8) is 0 Å². The van der Waals surface area contributed by atoms with E-state index in [-0.39, 0.29) is 34.8 Å². The zero-order chi connectivity index (χ0) is 19.8. The number of aromatic nitrogens is 1.